The highest BCUT2D eigenvalue weighted by Gasteiger charge is 2.09. The van der Waals surface area contributed by atoms with Crippen molar-refractivity contribution in [3.63, 3.8) is 0 Å². The van der Waals surface area contributed by atoms with Crippen molar-refractivity contribution in [1.82, 2.24) is 0 Å². The third-order valence-corrected chi connectivity index (χ3v) is 3.15. The topological polar surface area (TPSA) is 141 Å². The molecule has 1 rings (SSSR count). The first-order valence-electron chi connectivity index (χ1n) is 5.24. The molecule has 7 nitrogen and oxygen atoms in total. The van der Waals surface area contributed by atoms with Gasteiger partial charge in [0.15, 0.2) is 0 Å². The SMILES string of the molecule is NC(=O)c1cccc(NCCCS(N)(=O)=O)c1N. The maximum Gasteiger partial charge on any atom is 0.250 e. The van der Waals surface area contributed by atoms with Crippen molar-refractivity contribution in [1.29, 1.82) is 0 Å². The molecule has 0 fully saturated rings. The molecule has 8 heteroatoms. The van der Waals surface area contributed by atoms with E-state index in [-0.39, 0.29) is 17.0 Å². The number of carbonyl (C=O) groups is 1. The van der Waals surface area contributed by atoms with E-state index in [0.717, 1.165) is 0 Å². The van der Waals surface area contributed by atoms with E-state index in [1.54, 1.807) is 12.1 Å². The molecule has 0 radical (unpaired) electrons. The van der Waals surface area contributed by atoms with Gasteiger partial charge in [-0.2, -0.15) is 0 Å². The molecule has 0 atom stereocenters. The van der Waals surface area contributed by atoms with Gasteiger partial charge < -0.3 is 16.8 Å². The maximum atomic E-state index is 11.1. The first kappa shape index (κ1) is 14.3. The lowest BCUT2D eigenvalue weighted by molar-refractivity contribution is 0.100. The van der Waals surface area contributed by atoms with Crippen LogP contribution in [0.3, 0.4) is 0 Å². The van der Waals surface area contributed by atoms with Crippen LogP contribution in [0, 0.1) is 0 Å². The molecule has 0 unspecified atom stereocenters. The Morgan fingerprint density at radius 1 is 1.33 bits per heavy atom. The lowest BCUT2D eigenvalue weighted by atomic mass is 10.1. The molecule has 0 saturated heterocycles. The zero-order chi connectivity index (χ0) is 13.8. The summed E-state index contributed by atoms with van der Waals surface area (Å²) in [6.07, 6.45) is 0.346. The Balaban J connectivity index is 2.63. The van der Waals surface area contributed by atoms with Crippen molar-refractivity contribution in [3.8, 4) is 0 Å². The summed E-state index contributed by atoms with van der Waals surface area (Å²) in [6.45, 7) is 0.378. The van der Waals surface area contributed by atoms with Gasteiger partial charge in [0.2, 0.25) is 10.0 Å². The molecular weight excluding hydrogens is 256 g/mol. The van der Waals surface area contributed by atoms with E-state index in [0.29, 0.717) is 18.7 Å². The third-order valence-electron chi connectivity index (χ3n) is 2.29. The number of hydrogen-bond acceptors (Lipinski definition) is 5. The molecule has 0 bridgehead atoms. The highest BCUT2D eigenvalue weighted by Crippen LogP contribution is 2.22. The first-order valence-corrected chi connectivity index (χ1v) is 6.95. The number of carbonyl (C=O) groups excluding carboxylic acids is 1. The largest absolute Gasteiger partial charge is 0.396 e. The Morgan fingerprint density at radius 3 is 2.56 bits per heavy atom. The molecular formula is C10H16N4O3S. The normalized spacial score (nSPS) is 11.2. The number of sulfonamides is 1. The number of anilines is 2. The van der Waals surface area contributed by atoms with Gasteiger partial charge in [0, 0.05) is 6.54 Å². The standard InChI is InChI=1S/C10H16N4O3S/c11-9-7(10(12)15)3-1-4-8(9)14-5-2-6-18(13,16)17/h1,3-4,14H,2,5-6,11H2,(H2,12,15)(H2,13,16,17). The van der Waals surface area contributed by atoms with Crippen LogP contribution in [0.5, 0.6) is 0 Å². The van der Waals surface area contributed by atoms with Crippen LogP contribution in [-0.4, -0.2) is 26.6 Å². The first-order chi connectivity index (χ1) is 8.31. The summed E-state index contributed by atoms with van der Waals surface area (Å²) in [4.78, 5) is 11.1. The molecule has 7 N–H and O–H groups in total. The molecule has 0 aromatic heterocycles. The van der Waals surface area contributed by atoms with Crippen LogP contribution < -0.4 is 21.9 Å². The van der Waals surface area contributed by atoms with E-state index in [2.05, 4.69) is 5.32 Å². The van der Waals surface area contributed by atoms with Crippen LogP contribution in [0.15, 0.2) is 18.2 Å². The minimum atomic E-state index is -3.46. The summed E-state index contributed by atoms with van der Waals surface area (Å²) >= 11 is 0. The van der Waals surface area contributed by atoms with Crippen LogP contribution in [0.2, 0.25) is 0 Å². The van der Waals surface area contributed by atoms with E-state index in [9.17, 15) is 13.2 Å². The van der Waals surface area contributed by atoms with E-state index in [1.807, 2.05) is 0 Å². The summed E-state index contributed by atoms with van der Waals surface area (Å²) in [6, 6.07) is 4.84. The van der Waals surface area contributed by atoms with Gasteiger partial charge in [-0.1, -0.05) is 6.07 Å². The summed E-state index contributed by atoms with van der Waals surface area (Å²) < 4.78 is 21.4. The second-order valence-corrected chi connectivity index (χ2v) is 5.51. The fraction of sp³-hybridized carbons (Fsp3) is 0.300. The number of hydrogen-bond donors (Lipinski definition) is 4. The summed E-state index contributed by atoms with van der Waals surface area (Å²) in [5.74, 6) is -0.726. The number of primary sulfonamides is 1. The van der Waals surface area contributed by atoms with Crippen molar-refractivity contribution >= 4 is 27.3 Å². The minimum absolute atomic E-state index is 0.116. The van der Waals surface area contributed by atoms with Crippen molar-refractivity contribution in [2.45, 2.75) is 6.42 Å². The van der Waals surface area contributed by atoms with E-state index in [1.165, 1.54) is 6.07 Å². The van der Waals surface area contributed by atoms with Crippen molar-refractivity contribution < 1.29 is 13.2 Å². The molecule has 1 amide bonds. The molecule has 18 heavy (non-hydrogen) atoms. The van der Waals surface area contributed by atoms with Crippen LogP contribution in [0.4, 0.5) is 11.4 Å². The van der Waals surface area contributed by atoms with Crippen molar-refractivity contribution in [2.24, 2.45) is 10.9 Å². The number of nitrogens with one attached hydrogen (secondary N) is 1. The molecule has 0 saturated carbocycles. The van der Waals surface area contributed by atoms with E-state index in [4.69, 9.17) is 16.6 Å². The summed E-state index contributed by atoms with van der Waals surface area (Å²) in [5.41, 5.74) is 11.9. The molecule has 0 heterocycles. The number of primary amides is 1. The van der Waals surface area contributed by atoms with E-state index < -0.39 is 15.9 Å². The molecule has 0 spiro atoms. The zero-order valence-corrected chi connectivity index (χ0v) is 10.5. The molecule has 1 aromatic carbocycles. The average Bonchev–Trinajstić information content (AvgIpc) is 2.24. The van der Waals surface area contributed by atoms with Gasteiger partial charge >= 0.3 is 0 Å². The molecule has 100 valence electrons. The summed E-state index contributed by atoms with van der Waals surface area (Å²) in [5, 5.41) is 7.80. The van der Waals surface area contributed by atoms with Crippen LogP contribution >= 0.6 is 0 Å². The fourth-order valence-electron chi connectivity index (χ4n) is 1.43. The Morgan fingerprint density at radius 2 is 2.00 bits per heavy atom. The predicted octanol–water partition coefficient (Wildman–Crippen LogP) is -0.542. The molecule has 0 aliphatic heterocycles. The van der Waals surface area contributed by atoms with Gasteiger partial charge in [0.05, 0.1) is 22.7 Å². The average molecular weight is 272 g/mol. The molecule has 0 aliphatic rings. The number of benzene rings is 1. The number of amides is 1. The van der Waals surface area contributed by atoms with Gasteiger partial charge in [-0.15, -0.1) is 0 Å². The quantitative estimate of drug-likeness (QED) is 0.406. The Hall–Kier alpha value is -1.80. The van der Waals surface area contributed by atoms with Gasteiger partial charge in [-0.3, -0.25) is 4.79 Å². The predicted molar refractivity (Wildman–Crippen MR) is 70.5 cm³/mol. The van der Waals surface area contributed by atoms with Gasteiger partial charge in [0.1, 0.15) is 0 Å². The lowest BCUT2D eigenvalue weighted by Gasteiger charge is -2.11. The van der Waals surface area contributed by atoms with E-state index >= 15 is 0 Å². The van der Waals surface area contributed by atoms with Crippen LogP contribution in [0.25, 0.3) is 0 Å². The van der Waals surface area contributed by atoms with Crippen molar-refractivity contribution in [3.05, 3.63) is 23.8 Å². The van der Waals surface area contributed by atoms with Gasteiger partial charge in [-0.05, 0) is 18.6 Å². The molecule has 0 aliphatic carbocycles. The Kier molecular flexibility index (Phi) is 4.51. The van der Waals surface area contributed by atoms with Gasteiger partial charge in [-0.25, -0.2) is 13.6 Å². The lowest BCUT2D eigenvalue weighted by Crippen LogP contribution is -2.19. The van der Waals surface area contributed by atoms with Gasteiger partial charge in [0.25, 0.3) is 5.91 Å². The Bertz CT molecular complexity index is 542. The molecule has 1 aromatic rings. The fourth-order valence-corrected chi connectivity index (χ4v) is 1.98. The van der Waals surface area contributed by atoms with Crippen LogP contribution in [-0.2, 0) is 10.0 Å². The van der Waals surface area contributed by atoms with Crippen molar-refractivity contribution in [2.75, 3.05) is 23.3 Å². The zero-order valence-electron chi connectivity index (χ0n) is 9.72. The number of nitrogen functional groups attached to an aromatic ring is 1. The minimum Gasteiger partial charge on any atom is -0.396 e. The van der Waals surface area contributed by atoms with Crippen LogP contribution in [0.1, 0.15) is 16.8 Å². The third kappa shape index (κ3) is 4.22. The second kappa shape index (κ2) is 5.69. The smallest absolute Gasteiger partial charge is 0.250 e. The monoisotopic (exact) mass is 272 g/mol. The maximum absolute atomic E-state index is 11.1. The highest BCUT2D eigenvalue weighted by molar-refractivity contribution is 7.89. The summed E-state index contributed by atoms with van der Waals surface area (Å²) in [7, 11) is -3.46. The Labute approximate surface area is 105 Å². The number of nitrogens with two attached hydrogens (primary N) is 3. The number of para-hydroxylation sites is 1. The second-order valence-electron chi connectivity index (χ2n) is 3.78. The number of rotatable bonds is 6. The highest BCUT2D eigenvalue weighted by atomic mass is 32.2.